The standard InChI is InChI=1S/C7H10O2/c1-2-6-3-4-7(8)9-5-6/h5H,2-4H2,1H3. The summed E-state index contributed by atoms with van der Waals surface area (Å²) in [5, 5.41) is 0. The number of ether oxygens (including phenoxy) is 1. The number of hydrogen-bond acceptors (Lipinski definition) is 2. The average molecular weight is 126 g/mol. The molecule has 0 aromatic carbocycles. The summed E-state index contributed by atoms with van der Waals surface area (Å²) < 4.78 is 4.68. The molecule has 1 aliphatic heterocycles. The Hall–Kier alpha value is -0.790. The Morgan fingerprint density at radius 2 is 2.44 bits per heavy atom. The molecule has 0 aromatic heterocycles. The second kappa shape index (κ2) is 2.67. The first-order valence-corrected chi connectivity index (χ1v) is 3.20. The summed E-state index contributed by atoms with van der Waals surface area (Å²) in [5.41, 5.74) is 1.23. The monoisotopic (exact) mass is 126 g/mol. The van der Waals surface area contributed by atoms with Crippen LogP contribution in [0.15, 0.2) is 11.8 Å². The third-order valence-corrected chi connectivity index (χ3v) is 1.46. The zero-order valence-corrected chi connectivity index (χ0v) is 5.52. The van der Waals surface area contributed by atoms with E-state index in [1.807, 2.05) is 0 Å². The van der Waals surface area contributed by atoms with Crippen LogP contribution in [0.1, 0.15) is 26.2 Å². The molecule has 0 saturated carbocycles. The first kappa shape index (κ1) is 6.33. The van der Waals surface area contributed by atoms with E-state index in [4.69, 9.17) is 0 Å². The molecule has 0 amide bonds. The fourth-order valence-electron chi connectivity index (χ4n) is 0.790. The summed E-state index contributed by atoms with van der Waals surface area (Å²) in [4.78, 5) is 10.5. The Morgan fingerprint density at radius 3 is 2.89 bits per heavy atom. The molecule has 0 N–H and O–H groups in total. The van der Waals surface area contributed by atoms with E-state index in [9.17, 15) is 4.79 Å². The highest BCUT2D eigenvalue weighted by atomic mass is 16.5. The molecule has 1 aliphatic rings. The minimum absolute atomic E-state index is 0.104. The van der Waals surface area contributed by atoms with Crippen molar-refractivity contribution in [2.45, 2.75) is 26.2 Å². The molecule has 9 heavy (non-hydrogen) atoms. The Bertz CT molecular complexity index is 147. The van der Waals surface area contributed by atoms with Gasteiger partial charge in [0.1, 0.15) is 0 Å². The molecular formula is C7H10O2. The highest BCUT2D eigenvalue weighted by molar-refractivity contribution is 5.71. The van der Waals surface area contributed by atoms with Crippen molar-refractivity contribution in [3.8, 4) is 0 Å². The van der Waals surface area contributed by atoms with Crippen LogP contribution in [0.2, 0.25) is 0 Å². The lowest BCUT2D eigenvalue weighted by atomic mass is 10.1. The van der Waals surface area contributed by atoms with Crippen LogP contribution in [0.4, 0.5) is 0 Å². The van der Waals surface area contributed by atoms with Crippen molar-refractivity contribution in [1.82, 2.24) is 0 Å². The maximum Gasteiger partial charge on any atom is 0.310 e. The lowest BCUT2D eigenvalue weighted by Gasteiger charge is -2.09. The van der Waals surface area contributed by atoms with Crippen LogP contribution in [0.25, 0.3) is 0 Å². The molecule has 2 nitrogen and oxygen atoms in total. The van der Waals surface area contributed by atoms with E-state index in [-0.39, 0.29) is 5.97 Å². The SMILES string of the molecule is CCC1=COC(=O)CC1. The fraction of sp³-hybridized carbons (Fsp3) is 0.571. The maximum atomic E-state index is 10.5. The topological polar surface area (TPSA) is 26.3 Å². The lowest BCUT2D eigenvalue weighted by Crippen LogP contribution is -2.05. The van der Waals surface area contributed by atoms with Crippen molar-refractivity contribution in [1.29, 1.82) is 0 Å². The predicted molar refractivity (Wildman–Crippen MR) is 33.7 cm³/mol. The van der Waals surface area contributed by atoms with Gasteiger partial charge in [-0.25, -0.2) is 0 Å². The molecule has 0 aliphatic carbocycles. The number of rotatable bonds is 1. The van der Waals surface area contributed by atoms with E-state index in [1.54, 1.807) is 6.26 Å². The highest BCUT2D eigenvalue weighted by Crippen LogP contribution is 2.14. The van der Waals surface area contributed by atoms with E-state index in [0.29, 0.717) is 6.42 Å². The third-order valence-electron chi connectivity index (χ3n) is 1.46. The minimum Gasteiger partial charge on any atom is -0.435 e. The molecular weight excluding hydrogens is 116 g/mol. The number of carbonyl (C=O) groups is 1. The zero-order valence-electron chi connectivity index (χ0n) is 5.52. The van der Waals surface area contributed by atoms with Gasteiger partial charge in [0.2, 0.25) is 0 Å². The maximum absolute atomic E-state index is 10.5. The number of esters is 1. The summed E-state index contributed by atoms with van der Waals surface area (Å²) >= 11 is 0. The lowest BCUT2D eigenvalue weighted by molar-refractivity contribution is -0.138. The molecule has 0 saturated heterocycles. The summed E-state index contributed by atoms with van der Waals surface area (Å²) in [6.45, 7) is 2.06. The number of carbonyl (C=O) groups excluding carboxylic acids is 1. The van der Waals surface area contributed by atoms with Gasteiger partial charge in [-0.05, 0) is 18.4 Å². The molecule has 0 spiro atoms. The van der Waals surface area contributed by atoms with Gasteiger partial charge in [-0.2, -0.15) is 0 Å². The second-order valence-electron chi connectivity index (χ2n) is 2.12. The smallest absolute Gasteiger partial charge is 0.310 e. The molecule has 0 bridgehead atoms. The van der Waals surface area contributed by atoms with Gasteiger partial charge >= 0.3 is 5.97 Å². The summed E-state index contributed by atoms with van der Waals surface area (Å²) in [5.74, 6) is -0.104. The van der Waals surface area contributed by atoms with Gasteiger partial charge in [-0.15, -0.1) is 0 Å². The van der Waals surface area contributed by atoms with E-state index in [2.05, 4.69) is 11.7 Å². The number of allylic oxidation sites excluding steroid dienone is 1. The predicted octanol–water partition coefficient (Wildman–Crippen LogP) is 1.62. The molecule has 0 aromatic rings. The summed E-state index contributed by atoms with van der Waals surface area (Å²) in [6.07, 6.45) is 4.01. The van der Waals surface area contributed by atoms with Crippen molar-refractivity contribution in [2.24, 2.45) is 0 Å². The first-order chi connectivity index (χ1) is 4.33. The Balaban J connectivity index is 2.50. The van der Waals surface area contributed by atoms with E-state index in [1.165, 1.54) is 5.57 Å². The second-order valence-corrected chi connectivity index (χ2v) is 2.12. The molecule has 0 unspecified atom stereocenters. The van der Waals surface area contributed by atoms with Gasteiger partial charge in [0.25, 0.3) is 0 Å². The van der Waals surface area contributed by atoms with E-state index in [0.717, 1.165) is 12.8 Å². The van der Waals surface area contributed by atoms with Crippen molar-refractivity contribution in [2.75, 3.05) is 0 Å². The average Bonchev–Trinajstić information content (AvgIpc) is 1.90. The fourth-order valence-corrected chi connectivity index (χ4v) is 0.790. The summed E-state index contributed by atoms with van der Waals surface area (Å²) in [6, 6.07) is 0. The van der Waals surface area contributed by atoms with Gasteiger partial charge in [0.05, 0.1) is 6.26 Å². The Labute approximate surface area is 54.5 Å². The van der Waals surface area contributed by atoms with Gasteiger partial charge in [0, 0.05) is 6.42 Å². The van der Waals surface area contributed by atoms with Crippen LogP contribution in [-0.4, -0.2) is 5.97 Å². The van der Waals surface area contributed by atoms with Crippen LogP contribution >= 0.6 is 0 Å². The molecule has 50 valence electrons. The zero-order chi connectivity index (χ0) is 6.69. The third kappa shape index (κ3) is 1.56. The van der Waals surface area contributed by atoms with Crippen LogP contribution in [0, 0.1) is 0 Å². The van der Waals surface area contributed by atoms with Gasteiger partial charge < -0.3 is 4.74 Å². The van der Waals surface area contributed by atoms with Crippen molar-refractivity contribution < 1.29 is 9.53 Å². The highest BCUT2D eigenvalue weighted by Gasteiger charge is 2.08. The number of hydrogen-bond donors (Lipinski definition) is 0. The van der Waals surface area contributed by atoms with E-state index >= 15 is 0 Å². The molecule has 1 rings (SSSR count). The molecule has 2 heteroatoms. The van der Waals surface area contributed by atoms with Crippen LogP contribution in [0.5, 0.6) is 0 Å². The van der Waals surface area contributed by atoms with E-state index < -0.39 is 0 Å². The van der Waals surface area contributed by atoms with Gasteiger partial charge in [0.15, 0.2) is 0 Å². The summed E-state index contributed by atoms with van der Waals surface area (Å²) in [7, 11) is 0. The largest absolute Gasteiger partial charge is 0.435 e. The normalized spacial score (nSPS) is 18.8. The molecule has 0 radical (unpaired) electrons. The van der Waals surface area contributed by atoms with Crippen molar-refractivity contribution in [3.05, 3.63) is 11.8 Å². The van der Waals surface area contributed by atoms with Crippen LogP contribution in [-0.2, 0) is 9.53 Å². The molecule has 0 atom stereocenters. The molecule has 1 heterocycles. The molecule has 0 fully saturated rings. The quantitative estimate of drug-likeness (QED) is 0.499. The van der Waals surface area contributed by atoms with Gasteiger partial charge in [-0.1, -0.05) is 6.92 Å². The van der Waals surface area contributed by atoms with Crippen LogP contribution < -0.4 is 0 Å². The number of cyclic esters (lactones) is 1. The first-order valence-electron chi connectivity index (χ1n) is 3.20. The minimum atomic E-state index is -0.104. The van der Waals surface area contributed by atoms with Crippen LogP contribution in [0.3, 0.4) is 0 Å². The van der Waals surface area contributed by atoms with Crippen molar-refractivity contribution >= 4 is 5.97 Å². The van der Waals surface area contributed by atoms with Crippen molar-refractivity contribution in [3.63, 3.8) is 0 Å². The Morgan fingerprint density at radius 1 is 1.67 bits per heavy atom. The van der Waals surface area contributed by atoms with Gasteiger partial charge in [-0.3, -0.25) is 4.79 Å². The Kier molecular flexibility index (Phi) is 1.88.